The first-order valence-corrected chi connectivity index (χ1v) is 6.47. The van der Waals surface area contributed by atoms with E-state index in [1.54, 1.807) is 6.20 Å². The van der Waals surface area contributed by atoms with Gasteiger partial charge >= 0.3 is 0 Å². The maximum Gasteiger partial charge on any atom is 0.0767 e. The molecule has 0 aliphatic rings. The van der Waals surface area contributed by atoms with Gasteiger partial charge in [0.25, 0.3) is 0 Å². The highest BCUT2D eigenvalue weighted by molar-refractivity contribution is 5.92. The van der Waals surface area contributed by atoms with Crippen molar-refractivity contribution in [2.24, 2.45) is 0 Å². The fraction of sp³-hybridized carbons (Fsp3) is 0.333. The second-order valence-electron chi connectivity index (χ2n) is 4.49. The summed E-state index contributed by atoms with van der Waals surface area (Å²) in [6.07, 6.45) is 2.34. The summed E-state index contributed by atoms with van der Waals surface area (Å²) in [6, 6.07) is 10.0. The molecule has 0 aliphatic heterocycles. The molecule has 98 valence electrons. The Balaban J connectivity index is 2.30. The van der Waals surface area contributed by atoms with E-state index in [9.17, 15) is 0 Å². The highest BCUT2D eigenvalue weighted by Gasteiger charge is 2.09. The van der Waals surface area contributed by atoms with Gasteiger partial charge in [-0.3, -0.25) is 9.88 Å². The molecule has 1 heterocycles. The van der Waals surface area contributed by atoms with Gasteiger partial charge < -0.3 is 5.73 Å². The predicted molar refractivity (Wildman–Crippen MR) is 77.3 cm³/mol. The monoisotopic (exact) mass is 254 g/mol. The fourth-order valence-electron chi connectivity index (χ4n) is 2.18. The van der Waals surface area contributed by atoms with Gasteiger partial charge in [0.05, 0.1) is 11.6 Å². The summed E-state index contributed by atoms with van der Waals surface area (Å²) >= 11 is 0. The summed E-state index contributed by atoms with van der Waals surface area (Å²) in [4.78, 5) is 6.68. The van der Waals surface area contributed by atoms with Crippen LogP contribution in [0.4, 0.5) is 5.69 Å². The van der Waals surface area contributed by atoms with Crippen molar-refractivity contribution in [1.82, 2.24) is 9.88 Å². The molecule has 0 amide bonds. The van der Waals surface area contributed by atoms with Crippen LogP contribution in [0.15, 0.2) is 30.5 Å². The van der Waals surface area contributed by atoms with Crippen LogP contribution < -0.4 is 5.73 Å². The maximum absolute atomic E-state index is 8.68. The molecular formula is C15H18N4. The van der Waals surface area contributed by atoms with Crippen LogP contribution >= 0.6 is 0 Å². The van der Waals surface area contributed by atoms with Crippen molar-refractivity contribution in [2.45, 2.75) is 19.9 Å². The normalized spacial score (nSPS) is 10.8. The molecule has 0 atom stereocenters. The minimum atomic E-state index is 0.550. The highest BCUT2D eigenvalue weighted by Crippen LogP contribution is 2.23. The Kier molecular flexibility index (Phi) is 4.32. The standard InChI is InChI=1S/C15H18N4/c1-2-19(10-4-8-16)11-12-6-7-14(17)13-5-3-9-18-15(12)13/h3,5-7,9H,2,4,10-11,17H2,1H3. The molecule has 0 radical (unpaired) electrons. The second-order valence-corrected chi connectivity index (χ2v) is 4.49. The third kappa shape index (κ3) is 3.01. The molecule has 0 fully saturated rings. The van der Waals surface area contributed by atoms with Crippen LogP contribution in [0, 0.1) is 11.3 Å². The number of aromatic nitrogens is 1. The molecule has 1 aromatic heterocycles. The molecule has 2 rings (SSSR count). The molecule has 19 heavy (non-hydrogen) atoms. The van der Waals surface area contributed by atoms with Crippen LogP contribution in [0.2, 0.25) is 0 Å². The average Bonchev–Trinajstić information content (AvgIpc) is 2.46. The topological polar surface area (TPSA) is 65.9 Å². The molecule has 1 aromatic carbocycles. The van der Waals surface area contributed by atoms with Gasteiger partial charge in [0.1, 0.15) is 0 Å². The van der Waals surface area contributed by atoms with E-state index in [1.807, 2.05) is 24.3 Å². The van der Waals surface area contributed by atoms with Crippen LogP contribution in [0.5, 0.6) is 0 Å². The van der Waals surface area contributed by atoms with Gasteiger partial charge in [-0.25, -0.2) is 0 Å². The zero-order valence-corrected chi connectivity index (χ0v) is 11.1. The number of rotatable bonds is 5. The number of nitrogens with zero attached hydrogens (tertiary/aromatic N) is 3. The predicted octanol–water partition coefficient (Wildman–Crippen LogP) is 2.55. The fourth-order valence-corrected chi connectivity index (χ4v) is 2.18. The number of hydrogen-bond donors (Lipinski definition) is 1. The van der Waals surface area contributed by atoms with E-state index in [-0.39, 0.29) is 0 Å². The zero-order valence-electron chi connectivity index (χ0n) is 11.1. The third-order valence-corrected chi connectivity index (χ3v) is 3.27. The molecule has 4 nitrogen and oxygen atoms in total. The number of anilines is 1. The Morgan fingerprint density at radius 2 is 2.21 bits per heavy atom. The minimum absolute atomic E-state index is 0.550. The van der Waals surface area contributed by atoms with Crippen molar-refractivity contribution >= 4 is 16.6 Å². The van der Waals surface area contributed by atoms with E-state index in [4.69, 9.17) is 11.0 Å². The Labute approximate surface area is 113 Å². The van der Waals surface area contributed by atoms with Crippen LogP contribution in [0.1, 0.15) is 18.9 Å². The number of benzene rings is 1. The molecule has 0 unspecified atom stereocenters. The number of nitrogens with two attached hydrogens (primary N) is 1. The number of nitrogen functional groups attached to an aromatic ring is 1. The van der Waals surface area contributed by atoms with Crippen LogP contribution in [0.25, 0.3) is 10.9 Å². The summed E-state index contributed by atoms with van der Waals surface area (Å²) in [6.45, 7) is 4.60. The lowest BCUT2D eigenvalue weighted by atomic mass is 10.1. The van der Waals surface area contributed by atoms with Gasteiger partial charge in [-0.05, 0) is 30.3 Å². The zero-order chi connectivity index (χ0) is 13.7. The smallest absolute Gasteiger partial charge is 0.0767 e. The van der Waals surface area contributed by atoms with Gasteiger partial charge in [-0.2, -0.15) is 5.26 Å². The van der Waals surface area contributed by atoms with Crippen LogP contribution in [-0.2, 0) is 6.54 Å². The van der Waals surface area contributed by atoms with Gasteiger partial charge in [-0.15, -0.1) is 0 Å². The largest absolute Gasteiger partial charge is 0.398 e. The Hall–Kier alpha value is -2.12. The van der Waals surface area contributed by atoms with Crippen molar-refractivity contribution in [3.63, 3.8) is 0 Å². The van der Waals surface area contributed by atoms with E-state index in [1.165, 1.54) is 0 Å². The van der Waals surface area contributed by atoms with Crippen molar-refractivity contribution in [2.75, 3.05) is 18.8 Å². The molecule has 0 spiro atoms. The van der Waals surface area contributed by atoms with Crippen molar-refractivity contribution in [3.8, 4) is 6.07 Å². The summed E-state index contributed by atoms with van der Waals surface area (Å²) in [5.74, 6) is 0. The van der Waals surface area contributed by atoms with E-state index < -0.39 is 0 Å². The van der Waals surface area contributed by atoms with Crippen molar-refractivity contribution in [1.29, 1.82) is 5.26 Å². The maximum atomic E-state index is 8.68. The minimum Gasteiger partial charge on any atom is -0.398 e. The number of pyridine rings is 1. The summed E-state index contributed by atoms with van der Waals surface area (Å²) < 4.78 is 0. The lowest BCUT2D eigenvalue weighted by Crippen LogP contribution is -2.24. The molecular weight excluding hydrogens is 236 g/mol. The van der Waals surface area contributed by atoms with Crippen molar-refractivity contribution in [3.05, 3.63) is 36.0 Å². The van der Waals surface area contributed by atoms with Gasteiger partial charge in [0, 0.05) is 36.8 Å². The summed E-state index contributed by atoms with van der Waals surface area (Å²) in [7, 11) is 0. The molecule has 4 heteroatoms. The van der Waals surface area contributed by atoms with Crippen LogP contribution in [0.3, 0.4) is 0 Å². The highest BCUT2D eigenvalue weighted by atomic mass is 15.1. The SMILES string of the molecule is CCN(CCC#N)Cc1ccc(N)c2cccnc12. The Morgan fingerprint density at radius 3 is 2.95 bits per heavy atom. The Bertz CT molecular complexity index is 601. The van der Waals surface area contributed by atoms with Crippen molar-refractivity contribution < 1.29 is 0 Å². The molecule has 2 N–H and O–H groups in total. The first-order chi connectivity index (χ1) is 9.26. The number of fused-ring (bicyclic) bond motifs is 1. The van der Waals surface area contributed by atoms with Gasteiger partial charge in [-0.1, -0.05) is 13.0 Å². The summed E-state index contributed by atoms with van der Waals surface area (Å²) in [5.41, 5.74) is 8.84. The molecule has 0 bridgehead atoms. The number of hydrogen-bond acceptors (Lipinski definition) is 4. The first kappa shape index (κ1) is 13.3. The Morgan fingerprint density at radius 1 is 1.37 bits per heavy atom. The summed E-state index contributed by atoms with van der Waals surface area (Å²) in [5, 5.41) is 9.68. The van der Waals surface area contributed by atoms with E-state index in [0.717, 1.165) is 41.8 Å². The van der Waals surface area contributed by atoms with Gasteiger partial charge in [0.2, 0.25) is 0 Å². The average molecular weight is 254 g/mol. The van der Waals surface area contributed by atoms with E-state index in [0.29, 0.717) is 6.42 Å². The van der Waals surface area contributed by atoms with Crippen LogP contribution in [-0.4, -0.2) is 23.0 Å². The number of nitriles is 1. The molecule has 2 aromatic rings. The lowest BCUT2D eigenvalue weighted by molar-refractivity contribution is 0.287. The second kappa shape index (κ2) is 6.17. The van der Waals surface area contributed by atoms with Gasteiger partial charge in [0.15, 0.2) is 0 Å². The van der Waals surface area contributed by atoms with E-state index in [2.05, 4.69) is 22.9 Å². The first-order valence-electron chi connectivity index (χ1n) is 6.47. The molecule has 0 saturated heterocycles. The molecule has 0 saturated carbocycles. The third-order valence-electron chi connectivity index (χ3n) is 3.27. The van der Waals surface area contributed by atoms with E-state index >= 15 is 0 Å². The lowest BCUT2D eigenvalue weighted by Gasteiger charge is -2.20. The molecule has 0 aliphatic carbocycles. The quantitative estimate of drug-likeness (QED) is 0.833.